The van der Waals surface area contributed by atoms with Gasteiger partial charge in [-0.3, -0.25) is 19.3 Å². The maximum atomic E-state index is 12.9. The molecule has 2 heterocycles. The zero-order valence-corrected chi connectivity index (χ0v) is 16.0. The second kappa shape index (κ2) is 7.18. The van der Waals surface area contributed by atoms with Gasteiger partial charge in [0, 0.05) is 41.2 Å². The largest absolute Gasteiger partial charge is 0.454 e. The van der Waals surface area contributed by atoms with E-state index in [-0.39, 0.29) is 37.5 Å². The predicted octanol–water partition coefficient (Wildman–Crippen LogP) is 3.58. The molecule has 0 aliphatic carbocycles. The Labute approximate surface area is 172 Å². The van der Waals surface area contributed by atoms with E-state index in [2.05, 4.69) is 5.32 Å². The number of rotatable bonds is 5. The molecule has 150 valence electrons. The van der Waals surface area contributed by atoms with Crippen LogP contribution in [0.25, 0.3) is 10.8 Å². The molecule has 0 bridgehead atoms. The van der Waals surface area contributed by atoms with Crippen LogP contribution < -0.4 is 14.8 Å². The van der Waals surface area contributed by atoms with Crippen molar-refractivity contribution in [2.24, 2.45) is 0 Å². The van der Waals surface area contributed by atoms with E-state index in [9.17, 15) is 14.4 Å². The molecular formula is C23H18N2O5. The first kappa shape index (κ1) is 18.2. The van der Waals surface area contributed by atoms with Gasteiger partial charge in [0.25, 0.3) is 11.8 Å². The quantitative estimate of drug-likeness (QED) is 0.660. The lowest BCUT2D eigenvalue weighted by atomic mass is 9.94. The van der Waals surface area contributed by atoms with Crippen molar-refractivity contribution in [1.82, 2.24) is 4.90 Å². The van der Waals surface area contributed by atoms with Gasteiger partial charge in [-0.05, 0) is 36.1 Å². The summed E-state index contributed by atoms with van der Waals surface area (Å²) in [5, 5.41) is 4.37. The van der Waals surface area contributed by atoms with E-state index in [0.29, 0.717) is 40.1 Å². The molecule has 2 aliphatic heterocycles. The second-order valence-corrected chi connectivity index (χ2v) is 7.19. The van der Waals surface area contributed by atoms with Crippen LogP contribution >= 0.6 is 0 Å². The number of nitrogens with one attached hydrogen (secondary N) is 1. The highest BCUT2D eigenvalue weighted by atomic mass is 16.7. The highest BCUT2D eigenvalue weighted by molar-refractivity contribution is 6.25. The summed E-state index contributed by atoms with van der Waals surface area (Å²) in [6.07, 6.45) is 0.545. The smallest absolute Gasteiger partial charge is 0.261 e. The average Bonchev–Trinajstić information content (AvgIpc) is 3.22. The third-order valence-corrected chi connectivity index (χ3v) is 5.30. The van der Waals surface area contributed by atoms with E-state index in [1.807, 2.05) is 24.3 Å². The van der Waals surface area contributed by atoms with Crippen molar-refractivity contribution in [3.05, 3.63) is 65.7 Å². The van der Waals surface area contributed by atoms with Crippen molar-refractivity contribution in [3.63, 3.8) is 0 Å². The first-order valence-electron chi connectivity index (χ1n) is 9.69. The molecule has 7 nitrogen and oxygen atoms in total. The Morgan fingerprint density at radius 2 is 1.63 bits per heavy atom. The van der Waals surface area contributed by atoms with Gasteiger partial charge in [0.05, 0.1) is 0 Å². The predicted molar refractivity (Wildman–Crippen MR) is 110 cm³/mol. The van der Waals surface area contributed by atoms with Gasteiger partial charge < -0.3 is 14.8 Å². The molecular weight excluding hydrogens is 384 g/mol. The van der Waals surface area contributed by atoms with Crippen LogP contribution in [0.1, 0.15) is 33.6 Å². The van der Waals surface area contributed by atoms with Crippen LogP contribution in [-0.2, 0) is 4.79 Å². The maximum Gasteiger partial charge on any atom is 0.261 e. The van der Waals surface area contributed by atoms with Crippen molar-refractivity contribution in [1.29, 1.82) is 0 Å². The van der Waals surface area contributed by atoms with Crippen molar-refractivity contribution in [2.45, 2.75) is 12.8 Å². The van der Waals surface area contributed by atoms with E-state index in [1.165, 1.54) is 4.90 Å². The molecule has 1 N–H and O–H groups in total. The zero-order valence-electron chi connectivity index (χ0n) is 16.0. The minimum absolute atomic E-state index is 0.168. The second-order valence-electron chi connectivity index (χ2n) is 7.19. The molecule has 5 rings (SSSR count). The molecule has 3 aromatic carbocycles. The third kappa shape index (κ3) is 3.04. The van der Waals surface area contributed by atoms with Gasteiger partial charge in [-0.25, -0.2) is 0 Å². The molecule has 0 saturated heterocycles. The van der Waals surface area contributed by atoms with Crippen LogP contribution in [0, 0.1) is 0 Å². The molecule has 0 saturated carbocycles. The molecule has 0 spiro atoms. The first-order valence-corrected chi connectivity index (χ1v) is 9.69. The van der Waals surface area contributed by atoms with Gasteiger partial charge in [0.2, 0.25) is 12.7 Å². The van der Waals surface area contributed by atoms with Crippen LogP contribution in [0.3, 0.4) is 0 Å². The number of carbonyl (C=O) groups excluding carboxylic acids is 3. The Bertz CT molecular complexity index is 1150. The average molecular weight is 402 g/mol. The number of hydrogen-bond acceptors (Lipinski definition) is 5. The minimum Gasteiger partial charge on any atom is -0.454 e. The Morgan fingerprint density at radius 1 is 0.933 bits per heavy atom. The van der Waals surface area contributed by atoms with Gasteiger partial charge in [-0.2, -0.15) is 0 Å². The summed E-state index contributed by atoms with van der Waals surface area (Å²) in [6.45, 7) is 0.346. The fourth-order valence-corrected chi connectivity index (χ4v) is 3.88. The van der Waals surface area contributed by atoms with Crippen molar-refractivity contribution < 1.29 is 23.9 Å². The molecule has 7 heteroatoms. The van der Waals surface area contributed by atoms with Crippen molar-refractivity contribution in [2.75, 3.05) is 18.7 Å². The molecule has 0 radical (unpaired) electrons. The molecule has 3 aromatic rings. The first-order chi connectivity index (χ1) is 14.6. The summed E-state index contributed by atoms with van der Waals surface area (Å²) in [5.74, 6) is 0.393. The number of carbonyl (C=O) groups is 3. The molecule has 2 aliphatic rings. The molecule has 0 atom stereocenters. The lowest BCUT2D eigenvalue weighted by molar-refractivity contribution is -0.116. The topological polar surface area (TPSA) is 84.9 Å². The highest BCUT2D eigenvalue weighted by Gasteiger charge is 2.32. The number of amides is 3. The summed E-state index contributed by atoms with van der Waals surface area (Å²) < 4.78 is 10.6. The standard InChI is InChI=1S/C23H18N2O5/c26-20(24-15-9-10-18-19(12-15)30-13-29-18)8-3-11-25-22(27)16-6-1-4-14-5-2-7-17(21(14)16)23(25)28/h1-2,4-7,9-10,12H,3,8,11,13H2,(H,24,26). The monoisotopic (exact) mass is 402 g/mol. The van der Waals surface area contributed by atoms with E-state index >= 15 is 0 Å². The lowest BCUT2D eigenvalue weighted by Gasteiger charge is -2.27. The van der Waals surface area contributed by atoms with Crippen molar-refractivity contribution in [3.8, 4) is 11.5 Å². The van der Waals surface area contributed by atoms with Gasteiger partial charge in [-0.1, -0.05) is 24.3 Å². The SMILES string of the molecule is O=C(CCCN1C(=O)c2cccc3cccc(c23)C1=O)Nc1ccc2c(c1)OCO2. The summed E-state index contributed by atoms with van der Waals surface area (Å²) in [4.78, 5) is 39.3. The number of ether oxygens (including phenoxy) is 2. The number of benzene rings is 3. The van der Waals surface area contributed by atoms with Gasteiger partial charge in [0.1, 0.15) is 0 Å². The fourth-order valence-electron chi connectivity index (χ4n) is 3.88. The van der Waals surface area contributed by atoms with Gasteiger partial charge >= 0.3 is 0 Å². The summed E-state index contributed by atoms with van der Waals surface area (Å²) in [7, 11) is 0. The molecule has 0 fully saturated rings. The van der Waals surface area contributed by atoms with E-state index in [0.717, 1.165) is 5.39 Å². The van der Waals surface area contributed by atoms with Crippen LogP contribution in [0.2, 0.25) is 0 Å². The van der Waals surface area contributed by atoms with Crippen molar-refractivity contribution >= 4 is 34.2 Å². The number of fused-ring (bicyclic) bond motifs is 1. The summed E-state index contributed by atoms with van der Waals surface area (Å²) in [5.41, 5.74) is 1.65. The third-order valence-electron chi connectivity index (χ3n) is 5.30. The fraction of sp³-hybridized carbons (Fsp3) is 0.174. The Hall–Kier alpha value is -3.87. The maximum absolute atomic E-state index is 12.9. The van der Waals surface area contributed by atoms with Gasteiger partial charge in [-0.15, -0.1) is 0 Å². The molecule has 0 unspecified atom stereocenters. The highest BCUT2D eigenvalue weighted by Crippen LogP contribution is 2.34. The molecule has 3 amide bonds. The van der Waals surface area contributed by atoms with Crippen LogP contribution in [-0.4, -0.2) is 36.0 Å². The normalized spacial score (nSPS) is 14.3. The van der Waals surface area contributed by atoms with E-state index in [1.54, 1.807) is 30.3 Å². The minimum atomic E-state index is -0.319. The van der Waals surface area contributed by atoms with E-state index < -0.39 is 0 Å². The summed E-state index contributed by atoms with van der Waals surface area (Å²) >= 11 is 0. The van der Waals surface area contributed by atoms with Crippen LogP contribution in [0.4, 0.5) is 5.69 Å². The number of hydrogen-bond donors (Lipinski definition) is 1. The Balaban J connectivity index is 1.24. The Morgan fingerprint density at radius 3 is 2.37 bits per heavy atom. The Kier molecular flexibility index (Phi) is 4.35. The number of nitrogens with zero attached hydrogens (tertiary/aromatic N) is 1. The van der Waals surface area contributed by atoms with E-state index in [4.69, 9.17) is 9.47 Å². The molecule has 0 aromatic heterocycles. The van der Waals surface area contributed by atoms with Crippen LogP contribution in [0.15, 0.2) is 54.6 Å². The van der Waals surface area contributed by atoms with Gasteiger partial charge in [0.15, 0.2) is 11.5 Å². The van der Waals surface area contributed by atoms with Crippen LogP contribution in [0.5, 0.6) is 11.5 Å². The summed E-state index contributed by atoms with van der Waals surface area (Å²) in [6, 6.07) is 16.0. The number of anilines is 1. The number of imide groups is 1. The molecule has 30 heavy (non-hydrogen) atoms. The zero-order chi connectivity index (χ0) is 20.7. The lowest BCUT2D eigenvalue weighted by Crippen LogP contribution is -2.41.